The topological polar surface area (TPSA) is 75.6 Å². The Labute approximate surface area is 112 Å². The van der Waals surface area contributed by atoms with E-state index in [0.29, 0.717) is 0 Å². The number of carboxylic acid groups (broad SMARTS) is 1. The van der Waals surface area contributed by atoms with Crippen LogP contribution in [0.1, 0.15) is 25.5 Å². The molecule has 1 rings (SSSR count). The van der Waals surface area contributed by atoms with E-state index in [1.807, 2.05) is 18.2 Å². The summed E-state index contributed by atoms with van der Waals surface area (Å²) < 4.78 is 4.74. The first kappa shape index (κ1) is 15.2. The lowest BCUT2D eigenvalue weighted by Gasteiger charge is -2.23. The van der Waals surface area contributed by atoms with Crippen LogP contribution in [0.5, 0.6) is 0 Å². The minimum atomic E-state index is -0.957. The van der Waals surface area contributed by atoms with Crippen LogP contribution >= 0.6 is 0 Å². The molecule has 5 heteroatoms. The maximum atomic E-state index is 11.8. The minimum Gasteiger partial charge on any atom is -0.481 e. The summed E-state index contributed by atoms with van der Waals surface area (Å²) in [6.45, 7) is 3.36. The van der Waals surface area contributed by atoms with Crippen molar-refractivity contribution >= 4 is 11.9 Å². The number of methoxy groups -OCH3 is 1. The van der Waals surface area contributed by atoms with E-state index in [9.17, 15) is 9.59 Å². The van der Waals surface area contributed by atoms with Gasteiger partial charge in [0.05, 0.1) is 12.5 Å². The number of esters is 1. The third kappa shape index (κ3) is 4.06. The molecule has 1 aromatic rings. The molecule has 0 aliphatic heterocycles. The molecule has 0 fully saturated rings. The summed E-state index contributed by atoms with van der Waals surface area (Å²) in [4.78, 5) is 22.8. The van der Waals surface area contributed by atoms with E-state index in [0.717, 1.165) is 5.56 Å². The Kier molecular flexibility index (Phi) is 5.06. The summed E-state index contributed by atoms with van der Waals surface area (Å²) in [7, 11) is 1.31. The molecule has 0 bridgehead atoms. The number of carbonyl (C=O) groups excluding carboxylic acids is 1. The molecular formula is C14H19NO4. The highest BCUT2D eigenvalue weighted by Crippen LogP contribution is 2.18. The molecule has 0 heterocycles. The number of carboxylic acids is 1. The van der Waals surface area contributed by atoms with Gasteiger partial charge in [0, 0.05) is 6.54 Å². The molecular weight excluding hydrogens is 246 g/mol. The van der Waals surface area contributed by atoms with Crippen LogP contribution in [-0.4, -0.2) is 30.7 Å². The van der Waals surface area contributed by atoms with Crippen molar-refractivity contribution < 1.29 is 19.4 Å². The Morgan fingerprint density at radius 3 is 2.37 bits per heavy atom. The van der Waals surface area contributed by atoms with Crippen molar-refractivity contribution in [2.24, 2.45) is 5.41 Å². The predicted molar refractivity (Wildman–Crippen MR) is 70.6 cm³/mol. The maximum absolute atomic E-state index is 11.8. The molecule has 0 aliphatic rings. The summed E-state index contributed by atoms with van der Waals surface area (Å²) >= 11 is 0. The summed E-state index contributed by atoms with van der Waals surface area (Å²) in [5.41, 5.74) is -0.211. The van der Waals surface area contributed by atoms with Gasteiger partial charge in [0.25, 0.3) is 0 Å². The molecule has 1 aromatic carbocycles. The van der Waals surface area contributed by atoms with Gasteiger partial charge < -0.3 is 9.84 Å². The Morgan fingerprint density at radius 2 is 1.89 bits per heavy atom. The van der Waals surface area contributed by atoms with Crippen molar-refractivity contribution in [2.75, 3.05) is 13.7 Å². The predicted octanol–water partition coefficient (Wildman–Crippen LogP) is 1.60. The largest absolute Gasteiger partial charge is 0.481 e. The quantitative estimate of drug-likeness (QED) is 0.764. The lowest BCUT2D eigenvalue weighted by molar-refractivity contribution is -0.148. The Balaban J connectivity index is 2.83. The normalized spacial score (nSPS) is 12.8. The average molecular weight is 265 g/mol. The van der Waals surface area contributed by atoms with Crippen LogP contribution in [0.3, 0.4) is 0 Å². The molecule has 0 radical (unpaired) electrons. The van der Waals surface area contributed by atoms with Gasteiger partial charge in [-0.05, 0) is 19.4 Å². The van der Waals surface area contributed by atoms with Gasteiger partial charge in [-0.3, -0.25) is 10.1 Å². The number of hydrogen-bond acceptors (Lipinski definition) is 4. The molecule has 5 nitrogen and oxygen atoms in total. The van der Waals surface area contributed by atoms with Crippen LogP contribution in [0.4, 0.5) is 0 Å². The van der Waals surface area contributed by atoms with Gasteiger partial charge in [-0.15, -0.1) is 0 Å². The van der Waals surface area contributed by atoms with Gasteiger partial charge in [-0.1, -0.05) is 30.3 Å². The monoisotopic (exact) mass is 265 g/mol. The fraction of sp³-hybridized carbons (Fsp3) is 0.429. The van der Waals surface area contributed by atoms with Crippen LogP contribution in [-0.2, 0) is 14.3 Å². The number of ether oxygens (including phenoxy) is 1. The van der Waals surface area contributed by atoms with Crippen molar-refractivity contribution in [1.29, 1.82) is 0 Å². The van der Waals surface area contributed by atoms with Crippen LogP contribution in [0, 0.1) is 5.41 Å². The Bertz CT molecular complexity index is 442. The molecule has 0 spiro atoms. The highest BCUT2D eigenvalue weighted by molar-refractivity contribution is 5.78. The Hall–Kier alpha value is -1.88. The van der Waals surface area contributed by atoms with Crippen molar-refractivity contribution in [3.05, 3.63) is 35.9 Å². The third-order valence-corrected chi connectivity index (χ3v) is 2.90. The van der Waals surface area contributed by atoms with Gasteiger partial charge in [0.2, 0.25) is 0 Å². The molecule has 19 heavy (non-hydrogen) atoms. The summed E-state index contributed by atoms with van der Waals surface area (Å²) in [6.07, 6.45) is 0. The SMILES string of the molecule is COC(=O)C(NCC(C)(C)C(=O)O)c1ccccc1. The fourth-order valence-corrected chi connectivity index (χ4v) is 1.53. The highest BCUT2D eigenvalue weighted by Gasteiger charge is 2.30. The van der Waals surface area contributed by atoms with Crippen LogP contribution in [0.25, 0.3) is 0 Å². The molecule has 1 unspecified atom stereocenters. The van der Waals surface area contributed by atoms with Gasteiger partial charge in [-0.25, -0.2) is 4.79 Å². The summed E-state index contributed by atoms with van der Waals surface area (Å²) in [5.74, 6) is -1.36. The van der Waals surface area contributed by atoms with Gasteiger partial charge in [0.15, 0.2) is 0 Å². The van der Waals surface area contributed by atoms with E-state index in [1.165, 1.54) is 7.11 Å². The molecule has 0 saturated heterocycles. The van der Waals surface area contributed by atoms with E-state index in [2.05, 4.69) is 5.32 Å². The summed E-state index contributed by atoms with van der Waals surface area (Å²) in [5, 5.41) is 12.0. The second-order valence-corrected chi connectivity index (χ2v) is 4.94. The van der Waals surface area contributed by atoms with Gasteiger partial charge >= 0.3 is 11.9 Å². The van der Waals surface area contributed by atoms with Crippen LogP contribution < -0.4 is 5.32 Å². The fourth-order valence-electron chi connectivity index (χ4n) is 1.53. The zero-order chi connectivity index (χ0) is 14.5. The van der Waals surface area contributed by atoms with Crippen molar-refractivity contribution in [2.45, 2.75) is 19.9 Å². The molecule has 0 saturated carbocycles. The van der Waals surface area contributed by atoms with E-state index in [4.69, 9.17) is 9.84 Å². The molecule has 2 N–H and O–H groups in total. The molecule has 1 atom stereocenters. The van der Waals surface area contributed by atoms with E-state index < -0.39 is 23.4 Å². The van der Waals surface area contributed by atoms with E-state index >= 15 is 0 Å². The zero-order valence-electron chi connectivity index (χ0n) is 11.3. The first-order valence-corrected chi connectivity index (χ1v) is 5.98. The second kappa shape index (κ2) is 6.33. The van der Waals surface area contributed by atoms with Gasteiger partial charge in [0.1, 0.15) is 6.04 Å². The standard InChI is InChI=1S/C14H19NO4/c1-14(2,13(17)18)9-15-11(12(16)19-3)10-7-5-4-6-8-10/h4-8,11,15H,9H2,1-3H3,(H,17,18). The second-order valence-electron chi connectivity index (χ2n) is 4.94. The van der Waals surface area contributed by atoms with Crippen molar-refractivity contribution in [3.63, 3.8) is 0 Å². The van der Waals surface area contributed by atoms with Crippen LogP contribution in [0.2, 0.25) is 0 Å². The number of carbonyl (C=O) groups is 2. The van der Waals surface area contributed by atoms with E-state index in [1.54, 1.807) is 26.0 Å². The van der Waals surface area contributed by atoms with Crippen LogP contribution in [0.15, 0.2) is 30.3 Å². The number of rotatable bonds is 6. The van der Waals surface area contributed by atoms with Crippen molar-refractivity contribution in [3.8, 4) is 0 Å². The summed E-state index contributed by atoms with van der Waals surface area (Å²) in [6, 6.07) is 8.40. The smallest absolute Gasteiger partial charge is 0.327 e. The lowest BCUT2D eigenvalue weighted by atomic mass is 9.93. The first-order valence-electron chi connectivity index (χ1n) is 5.98. The number of hydrogen-bond donors (Lipinski definition) is 2. The third-order valence-electron chi connectivity index (χ3n) is 2.90. The van der Waals surface area contributed by atoms with Gasteiger partial charge in [-0.2, -0.15) is 0 Å². The van der Waals surface area contributed by atoms with Crippen molar-refractivity contribution in [1.82, 2.24) is 5.32 Å². The highest BCUT2D eigenvalue weighted by atomic mass is 16.5. The molecule has 0 aromatic heterocycles. The molecule has 0 amide bonds. The molecule has 0 aliphatic carbocycles. The molecule has 104 valence electrons. The number of aliphatic carboxylic acids is 1. The minimum absolute atomic E-state index is 0.164. The Morgan fingerprint density at radius 1 is 1.32 bits per heavy atom. The van der Waals surface area contributed by atoms with E-state index in [-0.39, 0.29) is 6.54 Å². The number of benzene rings is 1. The average Bonchev–Trinajstić information content (AvgIpc) is 2.39. The zero-order valence-corrected chi connectivity index (χ0v) is 11.3. The maximum Gasteiger partial charge on any atom is 0.327 e. The lowest BCUT2D eigenvalue weighted by Crippen LogP contribution is -2.40. The first-order chi connectivity index (χ1) is 8.88. The number of nitrogens with one attached hydrogen (secondary N) is 1.